The Balaban J connectivity index is 0.000000454. The van der Waals surface area contributed by atoms with Crippen LogP contribution in [0.25, 0.3) is 16.6 Å². The van der Waals surface area contributed by atoms with Crippen molar-refractivity contribution >= 4 is 16.9 Å². The molecule has 1 saturated heterocycles. The van der Waals surface area contributed by atoms with E-state index in [2.05, 4.69) is 9.88 Å². The van der Waals surface area contributed by atoms with Gasteiger partial charge in [-0.25, -0.2) is 9.78 Å². The van der Waals surface area contributed by atoms with E-state index in [0.29, 0.717) is 23.6 Å². The van der Waals surface area contributed by atoms with E-state index in [1.807, 2.05) is 24.3 Å². The number of ether oxygens (including phenoxy) is 1. The molecule has 36 heavy (non-hydrogen) atoms. The molecule has 11 heteroatoms. The molecule has 0 radical (unpaired) electrons. The Bertz CT molecular complexity index is 1240. The van der Waals surface area contributed by atoms with Gasteiger partial charge in [-0.1, -0.05) is 12.5 Å². The molecule has 8 nitrogen and oxygen atoms in total. The van der Waals surface area contributed by atoms with E-state index in [-0.39, 0.29) is 16.7 Å². The molecule has 0 amide bonds. The Kier molecular flexibility index (Phi) is 8.92. The molecule has 1 aliphatic heterocycles. The van der Waals surface area contributed by atoms with Gasteiger partial charge in [-0.2, -0.15) is 13.2 Å². The first-order valence-corrected chi connectivity index (χ1v) is 11.5. The number of alkyl halides is 3. The van der Waals surface area contributed by atoms with Crippen molar-refractivity contribution in [2.45, 2.75) is 38.8 Å². The maximum atomic E-state index is 12.9. The highest BCUT2D eigenvalue weighted by atomic mass is 19.4. The highest BCUT2D eigenvalue weighted by Gasteiger charge is 2.38. The third-order valence-electron chi connectivity index (χ3n) is 5.72. The number of aromatic hydroxyl groups is 1. The highest BCUT2D eigenvalue weighted by Crippen LogP contribution is 2.22. The number of phenolic OH excluding ortho intramolecular Hbond substituents is 1. The summed E-state index contributed by atoms with van der Waals surface area (Å²) in [6.07, 6.45) is -0.104. The van der Waals surface area contributed by atoms with Crippen LogP contribution in [0.3, 0.4) is 0 Å². The summed E-state index contributed by atoms with van der Waals surface area (Å²) in [7, 11) is 0. The van der Waals surface area contributed by atoms with Crippen LogP contribution in [0.4, 0.5) is 13.2 Å². The van der Waals surface area contributed by atoms with Crippen molar-refractivity contribution in [1.82, 2.24) is 14.5 Å². The first kappa shape index (κ1) is 27.0. The average molecular weight is 508 g/mol. The molecule has 0 spiro atoms. The summed E-state index contributed by atoms with van der Waals surface area (Å²) >= 11 is 0. The van der Waals surface area contributed by atoms with Gasteiger partial charge in [0.05, 0.1) is 17.8 Å². The van der Waals surface area contributed by atoms with E-state index in [9.17, 15) is 23.1 Å². The second kappa shape index (κ2) is 11.9. The second-order valence-electron chi connectivity index (χ2n) is 8.37. The maximum Gasteiger partial charge on any atom is 0.490 e. The van der Waals surface area contributed by atoms with E-state index in [0.717, 1.165) is 18.7 Å². The number of carboxylic acids is 1. The van der Waals surface area contributed by atoms with Crippen LogP contribution in [0.15, 0.2) is 47.3 Å². The van der Waals surface area contributed by atoms with E-state index in [4.69, 9.17) is 14.6 Å². The van der Waals surface area contributed by atoms with Gasteiger partial charge in [-0.3, -0.25) is 9.36 Å². The number of likely N-dealkylation sites (tertiary alicyclic amines) is 1. The predicted octanol–water partition coefficient (Wildman–Crippen LogP) is 4.29. The fourth-order valence-corrected chi connectivity index (χ4v) is 3.98. The van der Waals surface area contributed by atoms with Gasteiger partial charge in [0.2, 0.25) is 0 Å². The number of carboxylic acid groups (broad SMARTS) is 1. The molecule has 1 aliphatic rings. The molecule has 3 aromatic rings. The molecule has 0 saturated carbocycles. The zero-order valence-electron chi connectivity index (χ0n) is 19.8. The van der Waals surface area contributed by atoms with Crippen molar-refractivity contribution in [1.29, 1.82) is 0 Å². The average Bonchev–Trinajstić information content (AvgIpc) is 2.83. The number of hydrogen-bond acceptors (Lipinski definition) is 6. The van der Waals surface area contributed by atoms with Crippen molar-refractivity contribution < 1.29 is 32.9 Å². The Morgan fingerprint density at radius 1 is 1.08 bits per heavy atom. The molecule has 0 unspecified atom stereocenters. The zero-order valence-corrected chi connectivity index (χ0v) is 19.8. The van der Waals surface area contributed by atoms with Gasteiger partial charge < -0.3 is 19.8 Å². The first-order chi connectivity index (χ1) is 17.1. The lowest BCUT2D eigenvalue weighted by Gasteiger charge is -2.26. The van der Waals surface area contributed by atoms with Crippen molar-refractivity contribution in [3.63, 3.8) is 0 Å². The molecule has 2 heterocycles. The van der Waals surface area contributed by atoms with Crippen LogP contribution in [0.2, 0.25) is 0 Å². The quantitative estimate of drug-likeness (QED) is 0.480. The van der Waals surface area contributed by atoms with Crippen LogP contribution in [0, 0.1) is 6.92 Å². The zero-order chi connectivity index (χ0) is 26.3. The molecule has 4 rings (SSSR count). The van der Waals surface area contributed by atoms with Crippen LogP contribution in [-0.2, 0) is 4.79 Å². The number of phenols is 1. The number of halogens is 3. The number of piperidine rings is 1. The molecule has 2 aromatic carbocycles. The molecule has 0 bridgehead atoms. The monoisotopic (exact) mass is 507 g/mol. The van der Waals surface area contributed by atoms with Crippen molar-refractivity contribution in [3.8, 4) is 17.2 Å². The van der Waals surface area contributed by atoms with Crippen LogP contribution in [0.5, 0.6) is 11.5 Å². The van der Waals surface area contributed by atoms with Crippen LogP contribution in [-0.4, -0.2) is 63.1 Å². The fraction of sp³-hybridized carbons (Fsp3) is 0.400. The minimum absolute atomic E-state index is 0.0533. The van der Waals surface area contributed by atoms with Crippen molar-refractivity contribution in [2.75, 3.05) is 26.2 Å². The number of aliphatic carboxylic acids is 1. The number of hydrogen-bond donors (Lipinski definition) is 2. The van der Waals surface area contributed by atoms with Gasteiger partial charge in [-0.15, -0.1) is 0 Å². The third-order valence-corrected chi connectivity index (χ3v) is 5.72. The number of aromatic nitrogens is 2. The lowest BCUT2D eigenvalue weighted by Crippen LogP contribution is -2.31. The minimum atomic E-state index is -5.08. The molecule has 1 aromatic heterocycles. The topological polar surface area (TPSA) is 105 Å². The van der Waals surface area contributed by atoms with Crippen LogP contribution in [0.1, 0.15) is 31.5 Å². The van der Waals surface area contributed by atoms with Crippen molar-refractivity contribution in [2.24, 2.45) is 0 Å². The maximum absolute atomic E-state index is 12.9. The van der Waals surface area contributed by atoms with Crippen LogP contribution < -0.4 is 10.3 Å². The van der Waals surface area contributed by atoms with Crippen LogP contribution >= 0.6 is 0 Å². The summed E-state index contributed by atoms with van der Waals surface area (Å²) in [5.41, 5.74) is 0.920. The molecule has 194 valence electrons. The van der Waals surface area contributed by atoms with E-state index >= 15 is 0 Å². The number of carbonyl (C=O) groups is 1. The third kappa shape index (κ3) is 6.97. The number of aryl methyl sites for hydroxylation is 1. The molecule has 0 atom stereocenters. The summed E-state index contributed by atoms with van der Waals surface area (Å²) < 4.78 is 39.1. The fourth-order valence-electron chi connectivity index (χ4n) is 3.98. The van der Waals surface area contributed by atoms with Gasteiger partial charge in [0.15, 0.2) is 0 Å². The van der Waals surface area contributed by atoms with Gasteiger partial charge in [-0.05, 0) is 75.7 Å². The van der Waals surface area contributed by atoms with E-state index in [1.165, 1.54) is 43.0 Å². The Morgan fingerprint density at radius 3 is 2.33 bits per heavy atom. The molecular formula is C25H28F3N3O5. The summed E-state index contributed by atoms with van der Waals surface area (Å²) in [4.78, 5) is 28.8. The van der Waals surface area contributed by atoms with Crippen molar-refractivity contribution in [3.05, 3.63) is 58.6 Å². The normalized spacial score (nSPS) is 14.2. The summed E-state index contributed by atoms with van der Waals surface area (Å²) in [6, 6.07) is 12.4. The molecule has 2 N–H and O–H groups in total. The first-order valence-electron chi connectivity index (χ1n) is 11.5. The van der Waals surface area contributed by atoms with Gasteiger partial charge in [0.25, 0.3) is 5.56 Å². The highest BCUT2D eigenvalue weighted by molar-refractivity contribution is 5.84. The number of nitrogens with zero attached hydrogens (tertiary/aromatic N) is 3. The van der Waals surface area contributed by atoms with Gasteiger partial charge in [0.1, 0.15) is 22.7 Å². The molecule has 1 fully saturated rings. The standard InChI is InChI=1S/C23H27N3O3.C2HF3O2/c1-17-24-20-7-5-8-21(27)22(20)23(28)26(17)18-9-11-19(12-10-18)29-16-6-15-25-13-3-2-4-14-25;3-2(4,5)1(6)7/h5,7-12,27H,2-4,6,13-16H2,1H3;(H,6,7). The predicted molar refractivity (Wildman–Crippen MR) is 128 cm³/mol. The summed E-state index contributed by atoms with van der Waals surface area (Å²) in [6.45, 7) is 5.96. The lowest BCUT2D eigenvalue weighted by atomic mass is 10.1. The smallest absolute Gasteiger partial charge is 0.490 e. The van der Waals surface area contributed by atoms with Gasteiger partial charge >= 0.3 is 12.1 Å². The summed E-state index contributed by atoms with van der Waals surface area (Å²) in [5.74, 6) is -1.45. The number of benzene rings is 2. The number of rotatable bonds is 6. The van der Waals surface area contributed by atoms with Gasteiger partial charge in [0, 0.05) is 6.54 Å². The Morgan fingerprint density at radius 2 is 1.72 bits per heavy atom. The second-order valence-corrected chi connectivity index (χ2v) is 8.37. The largest absolute Gasteiger partial charge is 0.507 e. The Labute approximate surface area is 205 Å². The van der Waals surface area contributed by atoms with E-state index < -0.39 is 12.1 Å². The minimum Gasteiger partial charge on any atom is -0.507 e. The number of fused-ring (bicyclic) bond motifs is 1. The Hall–Kier alpha value is -3.60. The molecular weight excluding hydrogens is 479 g/mol. The SMILES string of the molecule is Cc1nc2cccc(O)c2c(=O)n1-c1ccc(OCCCN2CCCCC2)cc1.O=C(O)C(F)(F)F. The lowest BCUT2D eigenvalue weighted by molar-refractivity contribution is -0.192. The molecule has 0 aliphatic carbocycles. The van der Waals surface area contributed by atoms with E-state index in [1.54, 1.807) is 19.1 Å². The summed E-state index contributed by atoms with van der Waals surface area (Å²) in [5, 5.41) is 17.5.